The summed E-state index contributed by atoms with van der Waals surface area (Å²) in [6.45, 7) is 5.06. The van der Waals surface area contributed by atoms with E-state index in [1.165, 1.54) is 38.5 Å². The average molecular weight is 463 g/mol. The van der Waals surface area contributed by atoms with Crippen molar-refractivity contribution in [2.75, 3.05) is 6.61 Å². The van der Waals surface area contributed by atoms with Crippen LogP contribution in [0.4, 0.5) is 26.3 Å². The Labute approximate surface area is 186 Å². The van der Waals surface area contributed by atoms with Gasteiger partial charge in [-0.1, -0.05) is 26.7 Å². The predicted molar refractivity (Wildman–Crippen MR) is 112 cm³/mol. The summed E-state index contributed by atoms with van der Waals surface area (Å²) < 4.78 is 85.2. The second-order valence-corrected chi connectivity index (χ2v) is 9.49. The number of halogens is 6. The highest BCUT2D eigenvalue weighted by Gasteiger charge is 2.34. The Balaban J connectivity index is 1.58. The van der Waals surface area contributed by atoms with Gasteiger partial charge in [-0.2, -0.15) is 13.2 Å². The van der Waals surface area contributed by atoms with E-state index in [2.05, 4.69) is 13.8 Å². The third kappa shape index (κ3) is 6.30. The molecule has 3 rings (SSSR count). The van der Waals surface area contributed by atoms with Crippen molar-refractivity contribution in [3.63, 3.8) is 0 Å². The highest BCUT2D eigenvalue weighted by atomic mass is 19.4. The molecule has 2 aliphatic rings. The van der Waals surface area contributed by atoms with Crippen molar-refractivity contribution in [3.05, 3.63) is 41.0 Å². The van der Waals surface area contributed by atoms with Gasteiger partial charge < -0.3 is 4.74 Å². The van der Waals surface area contributed by atoms with Crippen LogP contribution in [0, 0.1) is 35.3 Å². The molecular formula is C25H32F6O. The highest BCUT2D eigenvalue weighted by Crippen LogP contribution is 2.43. The van der Waals surface area contributed by atoms with Crippen LogP contribution in [0.1, 0.15) is 82.4 Å². The van der Waals surface area contributed by atoms with Gasteiger partial charge in [-0.05, 0) is 79.9 Å². The van der Waals surface area contributed by atoms with E-state index in [1.807, 2.05) is 0 Å². The van der Waals surface area contributed by atoms with Crippen LogP contribution in [-0.4, -0.2) is 12.8 Å². The molecule has 1 saturated heterocycles. The van der Waals surface area contributed by atoms with Crippen LogP contribution >= 0.6 is 0 Å². The molecule has 0 spiro atoms. The van der Waals surface area contributed by atoms with Gasteiger partial charge in [0.15, 0.2) is 0 Å². The lowest BCUT2D eigenvalue weighted by Crippen LogP contribution is -2.31. The molecule has 0 N–H and O–H groups in total. The molecule has 32 heavy (non-hydrogen) atoms. The first-order valence-electron chi connectivity index (χ1n) is 11.6. The molecule has 7 heteroatoms. The summed E-state index contributed by atoms with van der Waals surface area (Å²) in [5, 5.41) is 0. The van der Waals surface area contributed by atoms with Crippen molar-refractivity contribution in [3.8, 4) is 0 Å². The van der Waals surface area contributed by atoms with Gasteiger partial charge in [-0.15, -0.1) is 0 Å². The van der Waals surface area contributed by atoms with E-state index in [1.54, 1.807) is 0 Å². The van der Waals surface area contributed by atoms with Crippen LogP contribution in [0.5, 0.6) is 0 Å². The Kier molecular flexibility index (Phi) is 8.34. The Bertz CT molecular complexity index is 763. The van der Waals surface area contributed by atoms with Crippen molar-refractivity contribution >= 4 is 5.83 Å². The van der Waals surface area contributed by atoms with E-state index >= 15 is 0 Å². The zero-order valence-corrected chi connectivity index (χ0v) is 18.7. The molecular weight excluding hydrogens is 430 g/mol. The molecule has 180 valence electrons. The van der Waals surface area contributed by atoms with Gasteiger partial charge in [-0.25, -0.2) is 13.2 Å². The third-order valence-corrected chi connectivity index (χ3v) is 7.31. The number of rotatable bonds is 6. The maximum atomic E-state index is 14.3. The number of benzene rings is 1. The number of hydrogen-bond donors (Lipinski definition) is 0. The third-order valence-electron chi connectivity index (χ3n) is 7.31. The Morgan fingerprint density at radius 1 is 1.03 bits per heavy atom. The molecule has 1 nitrogen and oxygen atoms in total. The van der Waals surface area contributed by atoms with E-state index in [9.17, 15) is 26.3 Å². The number of ether oxygens (including phenoxy) is 1. The quantitative estimate of drug-likeness (QED) is 0.385. The maximum absolute atomic E-state index is 14.3. The highest BCUT2D eigenvalue weighted by molar-refractivity contribution is 5.61. The van der Waals surface area contributed by atoms with Crippen molar-refractivity contribution in [1.82, 2.24) is 0 Å². The second kappa shape index (κ2) is 10.6. The minimum atomic E-state index is -5.00. The Morgan fingerprint density at radius 2 is 1.62 bits per heavy atom. The normalized spacial score (nSPS) is 28.6. The van der Waals surface area contributed by atoms with E-state index < -0.39 is 41.4 Å². The van der Waals surface area contributed by atoms with Crippen molar-refractivity contribution in [2.24, 2.45) is 23.7 Å². The molecule has 1 aromatic carbocycles. The summed E-state index contributed by atoms with van der Waals surface area (Å²) in [4.78, 5) is 0. The van der Waals surface area contributed by atoms with Crippen molar-refractivity contribution in [2.45, 2.75) is 77.5 Å². The SMILES string of the molecule is CCCC(C)C1CCC(C2CCC(c3cc(F)c(/C(F)=C/C(F)(F)F)c(F)c3)OC2)CC1. The van der Waals surface area contributed by atoms with Gasteiger partial charge in [0, 0.05) is 0 Å². The molecule has 1 aliphatic carbocycles. The van der Waals surface area contributed by atoms with Crippen LogP contribution < -0.4 is 0 Å². The van der Waals surface area contributed by atoms with Gasteiger partial charge in [0.25, 0.3) is 0 Å². The molecule has 1 aromatic rings. The van der Waals surface area contributed by atoms with Gasteiger partial charge in [0.2, 0.25) is 0 Å². The summed E-state index contributed by atoms with van der Waals surface area (Å²) in [6.07, 6.45) is 2.48. The first kappa shape index (κ1) is 25.1. The average Bonchev–Trinajstić information content (AvgIpc) is 2.72. The van der Waals surface area contributed by atoms with E-state index in [-0.39, 0.29) is 5.56 Å². The van der Waals surface area contributed by atoms with Gasteiger partial charge in [0.05, 0.1) is 24.4 Å². The summed E-state index contributed by atoms with van der Waals surface area (Å²) in [5.41, 5.74) is -1.10. The zero-order chi connectivity index (χ0) is 23.5. The number of allylic oxidation sites excluding steroid dienone is 1. The van der Waals surface area contributed by atoms with Crippen molar-refractivity contribution in [1.29, 1.82) is 0 Å². The van der Waals surface area contributed by atoms with Gasteiger partial charge >= 0.3 is 6.18 Å². The molecule has 3 atom stereocenters. The first-order chi connectivity index (χ1) is 15.1. The molecule has 3 unspecified atom stereocenters. The lowest BCUT2D eigenvalue weighted by Gasteiger charge is -2.39. The summed E-state index contributed by atoms with van der Waals surface area (Å²) in [7, 11) is 0. The van der Waals surface area contributed by atoms with E-state index in [4.69, 9.17) is 4.74 Å². The predicted octanol–water partition coefficient (Wildman–Crippen LogP) is 8.55. The number of alkyl halides is 3. The largest absolute Gasteiger partial charge is 0.412 e. The fraction of sp³-hybridized carbons (Fsp3) is 0.680. The molecule has 0 amide bonds. The summed E-state index contributed by atoms with van der Waals surface area (Å²) >= 11 is 0. The van der Waals surface area contributed by atoms with Crippen LogP contribution in [-0.2, 0) is 4.74 Å². The minimum absolute atomic E-state index is 0.194. The van der Waals surface area contributed by atoms with E-state index in [0.717, 1.165) is 30.4 Å². The van der Waals surface area contributed by atoms with Crippen LogP contribution in [0.25, 0.3) is 5.83 Å². The monoisotopic (exact) mass is 462 g/mol. The summed E-state index contributed by atoms with van der Waals surface area (Å²) in [5.74, 6) is -2.14. The van der Waals surface area contributed by atoms with E-state index in [0.29, 0.717) is 24.9 Å². The molecule has 2 fully saturated rings. The minimum Gasteiger partial charge on any atom is -0.373 e. The standard InChI is InChI=1S/C25H32F6O/c1-3-4-15(2)16-5-7-17(8-6-16)18-9-10-23(32-14-18)19-11-20(26)24(21(27)12-19)22(28)13-25(29,30)31/h11-13,15-18,23H,3-10,14H2,1-2H3/b22-13-. The molecule has 1 aliphatic heterocycles. The lowest BCUT2D eigenvalue weighted by atomic mass is 9.70. The molecule has 1 saturated carbocycles. The second-order valence-electron chi connectivity index (χ2n) is 9.49. The zero-order valence-electron chi connectivity index (χ0n) is 18.7. The van der Waals surface area contributed by atoms with Gasteiger partial charge in [-0.3, -0.25) is 0 Å². The van der Waals surface area contributed by atoms with Crippen LogP contribution in [0.15, 0.2) is 18.2 Å². The summed E-state index contributed by atoms with van der Waals surface area (Å²) in [6, 6.07) is 1.76. The van der Waals surface area contributed by atoms with Crippen molar-refractivity contribution < 1.29 is 31.1 Å². The number of hydrogen-bond acceptors (Lipinski definition) is 1. The van der Waals surface area contributed by atoms with Crippen LogP contribution in [0.2, 0.25) is 0 Å². The Hall–Kier alpha value is -1.50. The fourth-order valence-electron chi connectivity index (χ4n) is 5.51. The van der Waals surface area contributed by atoms with Gasteiger partial charge in [0.1, 0.15) is 17.5 Å². The smallest absolute Gasteiger partial charge is 0.373 e. The lowest BCUT2D eigenvalue weighted by molar-refractivity contribution is -0.0798. The fourth-order valence-corrected chi connectivity index (χ4v) is 5.51. The Morgan fingerprint density at radius 3 is 2.12 bits per heavy atom. The first-order valence-corrected chi connectivity index (χ1v) is 11.6. The van der Waals surface area contributed by atoms with Crippen LogP contribution in [0.3, 0.4) is 0 Å². The maximum Gasteiger partial charge on any atom is 0.412 e. The molecule has 0 radical (unpaired) electrons. The molecule has 0 aromatic heterocycles. The molecule has 1 heterocycles. The molecule has 0 bridgehead atoms. The topological polar surface area (TPSA) is 9.23 Å².